The molecule has 0 aliphatic heterocycles. The van der Waals surface area contributed by atoms with Crippen LogP contribution in [0.2, 0.25) is 0 Å². The average Bonchev–Trinajstić information content (AvgIpc) is 3.41. The van der Waals surface area contributed by atoms with Crippen molar-refractivity contribution < 1.29 is 21.9 Å². The maximum Gasteiger partial charge on any atom is 0.0629 e. The highest BCUT2D eigenvalue weighted by Crippen LogP contribution is 2.48. The molecule has 274 valence electrons. The largest absolute Gasteiger partial charge is 0.0629 e. The molecular formula is C58H42. The fraction of sp³-hybridized carbons (Fsp3) is 0.0690. The van der Waals surface area contributed by atoms with Gasteiger partial charge >= 0.3 is 0 Å². The standard InChI is InChI=1S/C58H42/c1-58(2,3)53-36-39-30-31-40(56-47-26-14-10-22-43(47)54(37-18-6-4-7-19-37)44-23-11-15-27-48(44)56)34-51(39)52-35-41(32-33-42(52)53)57-49-28-16-12-24-45(49)55(38-20-8-5-9-21-38)46-25-13-17-29-50(46)57/h4-36H,1-3H3/i10D,11D,12D,13D,14D,15D,16D,17D,22D,23D,24D,25D,26D,27D,28D,29D. The van der Waals surface area contributed by atoms with Crippen molar-refractivity contribution in [2.45, 2.75) is 26.2 Å². The molecule has 0 heterocycles. The predicted molar refractivity (Wildman–Crippen MR) is 252 cm³/mol. The van der Waals surface area contributed by atoms with E-state index in [0.29, 0.717) is 33.0 Å². The molecule has 0 radical (unpaired) electrons. The Hall–Kier alpha value is -7.02. The highest BCUT2D eigenvalue weighted by molar-refractivity contribution is 6.24. The second-order valence-electron chi connectivity index (χ2n) is 15.6. The summed E-state index contributed by atoms with van der Waals surface area (Å²) in [4.78, 5) is 0. The summed E-state index contributed by atoms with van der Waals surface area (Å²) in [5.74, 6) is 0. The van der Waals surface area contributed by atoms with Gasteiger partial charge in [-0.3, -0.25) is 0 Å². The van der Waals surface area contributed by atoms with Gasteiger partial charge in [0, 0.05) is 0 Å². The van der Waals surface area contributed by atoms with Gasteiger partial charge in [0.15, 0.2) is 0 Å². The van der Waals surface area contributed by atoms with E-state index >= 15 is 0 Å². The lowest BCUT2D eigenvalue weighted by Gasteiger charge is -2.24. The molecule has 11 rings (SSSR count). The Morgan fingerprint density at radius 1 is 0.310 bits per heavy atom. The number of benzene rings is 11. The van der Waals surface area contributed by atoms with Crippen molar-refractivity contribution in [2.75, 3.05) is 0 Å². The molecule has 0 nitrogen and oxygen atoms in total. The van der Waals surface area contributed by atoms with Gasteiger partial charge in [-0.1, -0.05) is 202 Å². The second-order valence-corrected chi connectivity index (χ2v) is 15.6. The van der Waals surface area contributed by atoms with Crippen molar-refractivity contribution >= 4 is 64.6 Å². The van der Waals surface area contributed by atoms with Gasteiger partial charge in [-0.05, 0) is 138 Å². The molecule has 0 saturated heterocycles. The van der Waals surface area contributed by atoms with E-state index < -0.39 is 77.9 Å². The van der Waals surface area contributed by atoms with Crippen LogP contribution in [0.25, 0.3) is 109 Å². The number of hydrogen-bond donors (Lipinski definition) is 0. The first-order valence-corrected chi connectivity index (χ1v) is 19.1. The molecule has 0 aliphatic carbocycles. The monoisotopic (exact) mass is 754 g/mol. The maximum atomic E-state index is 9.54. The molecular weight excluding hydrogens is 697 g/mol. The van der Waals surface area contributed by atoms with E-state index in [1.165, 1.54) is 0 Å². The Balaban J connectivity index is 1.35. The zero-order chi connectivity index (χ0) is 52.9. The molecule has 0 fully saturated rings. The number of fused-ring (bicyclic) bond motifs is 7. The van der Waals surface area contributed by atoms with Crippen molar-refractivity contribution in [1.82, 2.24) is 0 Å². The van der Waals surface area contributed by atoms with Gasteiger partial charge in [-0.15, -0.1) is 0 Å². The molecule has 0 saturated carbocycles. The van der Waals surface area contributed by atoms with Gasteiger partial charge in [0.05, 0.1) is 21.9 Å². The van der Waals surface area contributed by atoms with E-state index in [2.05, 4.69) is 26.8 Å². The van der Waals surface area contributed by atoms with Gasteiger partial charge in [0.1, 0.15) is 0 Å². The average molecular weight is 755 g/mol. The number of hydrogen-bond acceptors (Lipinski definition) is 0. The first-order valence-electron chi connectivity index (χ1n) is 27.1. The molecule has 0 bridgehead atoms. The van der Waals surface area contributed by atoms with E-state index in [0.717, 1.165) is 16.3 Å². The Bertz CT molecular complexity index is 4170. The summed E-state index contributed by atoms with van der Waals surface area (Å²) < 4.78 is 147. The summed E-state index contributed by atoms with van der Waals surface area (Å²) in [5.41, 5.74) is 3.02. The first-order chi connectivity index (χ1) is 35.1. The van der Waals surface area contributed by atoms with Crippen LogP contribution >= 0.6 is 0 Å². The van der Waals surface area contributed by atoms with Gasteiger partial charge in [0.25, 0.3) is 0 Å². The third kappa shape index (κ3) is 5.36. The SMILES string of the molecule is [2H]c1c([2H])c([2H])c2c(-c3ccc4cc(C(C)(C)C)c5ccc(-c6c7c([2H])c([2H])c([2H])c([2H])c7c(-c7ccccc7)c7c([2H])c([2H])c([2H])c([2H])c67)cc5c4c3)c3c([2H])c([2H])c([2H])c([2H])c3c(-c3ccccc3)c2c1[2H]. The van der Waals surface area contributed by atoms with Crippen LogP contribution in [0.3, 0.4) is 0 Å². The van der Waals surface area contributed by atoms with E-state index in [9.17, 15) is 11.0 Å². The lowest BCUT2D eigenvalue weighted by Crippen LogP contribution is -2.11. The summed E-state index contributed by atoms with van der Waals surface area (Å²) in [7, 11) is 0. The third-order valence-corrected chi connectivity index (χ3v) is 11.2. The van der Waals surface area contributed by atoms with Crippen molar-refractivity contribution in [3.05, 3.63) is 205 Å². The molecule has 0 unspecified atom stereocenters. The number of rotatable bonds is 4. The molecule has 0 atom stereocenters. The molecule has 0 amide bonds. The third-order valence-electron chi connectivity index (χ3n) is 11.2. The van der Waals surface area contributed by atoms with Gasteiger partial charge < -0.3 is 0 Å². The van der Waals surface area contributed by atoms with Crippen LogP contribution in [0.5, 0.6) is 0 Å². The fourth-order valence-corrected chi connectivity index (χ4v) is 8.70. The molecule has 0 spiro atoms. The summed E-state index contributed by atoms with van der Waals surface area (Å²) in [6, 6.07) is 23.3. The molecule has 58 heavy (non-hydrogen) atoms. The smallest absolute Gasteiger partial charge is 0.0622 e. The Morgan fingerprint density at radius 2 is 0.655 bits per heavy atom. The molecule has 0 N–H and O–H groups in total. The summed E-state index contributed by atoms with van der Waals surface area (Å²) >= 11 is 0. The summed E-state index contributed by atoms with van der Waals surface area (Å²) in [6.07, 6.45) is 0. The normalized spacial score (nSPS) is 15.9. The predicted octanol–water partition coefficient (Wildman–Crippen LogP) is 16.6. The van der Waals surface area contributed by atoms with Gasteiger partial charge in [0.2, 0.25) is 0 Å². The van der Waals surface area contributed by atoms with Gasteiger partial charge in [-0.25, -0.2) is 0 Å². The van der Waals surface area contributed by atoms with E-state index in [-0.39, 0.29) is 89.5 Å². The minimum Gasteiger partial charge on any atom is -0.0622 e. The van der Waals surface area contributed by atoms with Crippen LogP contribution in [-0.4, -0.2) is 0 Å². The summed E-state index contributed by atoms with van der Waals surface area (Å²) in [6.45, 7) is 6.21. The molecule has 11 aromatic rings. The quantitative estimate of drug-likeness (QED) is 0.124. The molecule has 0 heteroatoms. The van der Waals surface area contributed by atoms with Crippen molar-refractivity contribution in [3.63, 3.8) is 0 Å². The molecule has 0 aliphatic rings. The van der Waals surface area contributed by atoms with E-state index in [4.69, 9.17) is 11.0 Å². The van der Waals surface area contributed by atoms with Crippen molar-refractivity contribution in [1.29, 1.82) is 0 Å². The Kier molecular flexibility index (Phi) is 4.92. The highest BCUT2D eigenvalue weighted by atomic mass is 14.3. The zero-order valence-electron chi connectivity index (χ0n) is 47.8. The van der Waals surface area contributed by atoms with Crippen LogP contribution < -0.4 is 0 Å². The fourth-order valence-electron chi connectivity index (χ4n) is 8.70. The highest BCUT2D eigenvalue weighted by Gasteiger charge is 2.22. The second kappa shape index (κ2) is 13.3. The molecule has 0 aromatic heterocycles. The van der Waals surface area contributed by atoms with Crippen LogP contribution in [0.1, 0.15) is 48.3 Å². The Morgan fingerprint density at radius 3 is 1.03 bits per heavy atom. The summed E-state index contributed by atoms with van der Waals surface area (Å²) in [5, 5.41) is 3.31. The zero-order valence-corrected chi connectivity index (χ0v) is 31.8. The molecule has 11 aromatic carbocycles. The van der Waals surface area contributed by atoms with Gasteiger partial charge in [-0.2, -0.15) is 0 Å². The first kappa shape index (κ1) is 21.5. The minimum atomic E-state index is -0.526. The van der Waals surface area contributed by atoms with E-state index in [1.54, 1.807) is 72.8 Å². The van der Waals surface area contributed by atoms with Crippen molar-refractivity contribution in [2.24, 2.45) is 0 Å². The van der Waals surface area contributed by atoms with Crippen LogP contribution in [0.15, 0.2) is 200 Å². The van der Waals surface area contributed by atoms with E-state index in [1.807, 2.05) is 24.3 Å². The maximum absolute atomic E-state index is 9.54. The minimum absolute atomic E-state index is 0.0581. The topological polar surface area (TPSA) is 0 Å². The Labute approximate surface area is 362 Å². The van der Waals surface area contributed by atoms with Crippen LogP contribution in [0, 0.1) is 0 Å². The van der Waals surface area contributed by atoms with Crippen molar-refractivity contribution in [3.8, 4) is 44.5 Å². The lowest BCUT2D eigenvalue weighted by molar-refractivity contribution is 0.596. The van der Waals surface area contributed by atoms with Crippen LogP contribution in [-0.2, 0) is 5.41 Å². The van der Waals surface area contributed by atoms with Crippen LogP contribution in [0.4, 0.5) is 0 Å². The lowest BCUT2D eigenvalue weighted by atomic mass is 9.80.